The number of benzene rings is 1. The van der Waals surface area contributed by atoms with Crippen LogP contribution in [0.4, 0.5) is 0 Å². The van der Waals surface area contributed by atoms with E-state index in [0.29, 0.717) is 11.8 Å². The Bertz CT molecular complexity index is 729. The van der Waals surface area contributed by atoms with Gasteiger partial charge < -0.3 is 10.2 Å². The van der Waals surface area contributed by atoms with Crippen molar-refractivity contribution < 1.29 is 8.42 Å². The first-order valence-electron chi connectivity index (χ1n) is 9.97. The zero-order valence-corrected chi connectivity index (χ0v) is 18.2. The van der Waals surface area contributed by atoms with Crippen LogP contribution in [0.25, 0.3) is 0 Å². The number of aliphatic imine (C=N–C) groups is 1. The molecule has 1 aliphatic rings. The SMILES string of the molecule is CCNC(=NCC(C)(C)S(C)(=O)=O)N1CCC(c2ccccc2)C(CC)C1. The average Bonchev–Trinajstić information content (AvgIpc) is 2.64. The fourth-order valence-corrected chi connectivity index (χ4v) is 3.88. The molecule has 1 fully saturated rings. The first-order chi connectivity index (χ1) is 12.7. The molecular formula is C21H35N3O2S. The summed E-state index contributed by atoms with van der Waals surface area (Å²) in [5.74, 6) is 1.97. The molecule has 1 aromatic carbocycles. The zero-order valence-electron chi connectivity index (χ0n) is 17.4. The third-order valence-electron chi connectivity index (χ3n) is 5.73. The molecule has 0 aliphatic carbocycles. The van der Waals surface area contributed by atoms with Gasteiger partial charge in [-0.05, 0) is 44.6 Å². The van der Waals surface area contributed by atoms with Crippen molar-refractivity contribution in [3.8, 4) is 0 Å². The summed E-state index contributed by atoms with van der Waals surface area (Å²) in [4.78, 5) is 7.00. The van der Waals surface area contributed by atoms with E-state index < -0.39 is 14.6 Å². The van der Waals surface area contributed by atoms with Gasteiger partial charge in [0.05, 0.1) is 11.3 Å². The molecule has 6 heteroatoms. The van der Waals surface area contributed by atoms with Gasteiger partial charge in [0, 0.05) is 25.9 Å². The first-order valence-corrected chi connectivity index (χ1v) is 11.9. The summed E-state index contributed by atoms with van der Waals surface area (Å²) in [6.07, 6.45) is 3.49. The standard InChI is InChI=1S/C21H35N3O2S/c1-6-17-15-24(14-13-19(17)18-11-9-8-10-12-18)20(22-7-2)23-16-21(3,4)27(5,25)26/h8-12,17,19H,6-7,13-16H2,1-5H3,(H,22,23). The Morgan fingerprint density at radius 3 is 2.48 bits per heavy atom. The van der Waals surface area contributed by atoms with Gasteiger partial charge in [0.25, 0.3) is 0 Å². The molecule has 2 rings (SSSR count). The Labute approximate surface area is 165 Å². The van der Waals surface area contributed by atoms with Crippen LogP contribution in [0.5, 0.6) is 0 Å². The maximum atomic E-state index is 12.0. The number of hydrogen-bond donors (Lipinski definition) is 1. The summed E-state index contributed by atoms with van der Waals surface area (Å²) in [5, 5.41) is 3.36. The predicted octanol–water partition coefficient (Wildman–Crippen LogP) is 3.29. The molecule has 5 nitrogen and oxygen atoms in total. The van der Waals surface area contributed by atoms with E-state index in [1.54, 1.807) is 13.8 Å². The number of piperidine rings is 1. The van der Waals surface area contributed by atoms with Crippen LogP contribution >= 0.6 is 0 Å². The topological polar surface area (TPSA) is 61.8 Å². The van der Waals surface area contributed by atoms with Crippen molar-refractivity contribution >= 4 is 15.8 Å². The number of likely N-dealkylation sites (tertiary alicyclic amines) is 1. The number of nitrogens with one attached hydrogen (secondary N) is 1. The molecule has 0 bridgehead atoms. The second-order valence-corrected chi connectivity index (χ2v) is 10.8. The molecule has 2 unspecified atom stereocenters. The molecule has 1 saturated heterocycles. The van der Waals surface area contributed by atoms with Crippen molar-refractivity contribution in [2.75, 3.05) is 32.4 Å². The Kier molecular flexibility index (Phi) is 7.32. The molecule has 0 saturated carbocycles. The molecule has 152 valence electrons. The van der Waals surface area contributed by atoms with Crippen LogP contribution in [0.1, 0.15) is 52.0 Å². The summed E-state index contributed by atoms with van der Waals surface area (Å²) in [5.41, 5.74) is 1.42. The summed E-state index contributed by atoms with van der Waals surface area (Å²) in [6, 6.07) is 10.8. The van der Waals surface area contributed by atoms with Crippen molar-refractivity contribution in [3.05, 3.63) is 35.9 Å². The first kappa shape index (κ1) is 21.7. The largest absolute Gasteiger partial charge is 0.357 e. The third kappa shape index (κ3) is 5.47. The van der Waals surface area contributed by atoms with E-state index in [9.17, 15) is 8.42 Å². The van der Waals surface area contributed by atoms with E-state index in [2.05, 4.69) is 47.5 Å². The van der Waals surface area contributed by atoms with Crippen molar-refractivity contribution in [1.29, 1.82) is 0 Å². The lowest BCUT2D eigenvalue weighted by Gasteiger charge is -2.40. The fraction of sp³-hybridized carbons (Fsp3) is 0.667. The highest BCUT2D eigenvalue weighted by Gasteiger charge is 2.32. The highest BCUT2D eigenvalue weighted by atomic mass is 32.2. The number of rotatable bonds is 6. The Balaban J connectivity index is 2.16. The molecule has 0 spiro atoms. The molecule has 2 atom stereocenters. The number of sulfone groups is 1. The average molecular weight is 394 g/mol. The van der Waals surface area contributed by atoms with Gasteiger partial charge in [-0.1, -0.05) is 43.7 Å². The van der Waals surface area contributed by atoms with E-state index in [-0.39, 0.29) is 6.54 Å². The normalized spacial score (nSPS) is 22.0. The van der Waals surface area contributed by atoms with E-state index >= 15 is 0 Å². The quantitative estimate of drug-likeness (QED) is 0.595. The van der Waals surface area contributed by atoms with E-state index in [1.165, 1.54) is 11.8 Å². The second-order valence-electron chi connectivity index (χ2n) is 8.12. The molecule has 0 radical (unpaired) electrons. The molecule has 1 heterocycles. The van der Waals surface area contributed by atoms with Crippen LogP contribution < -0.4 is 5.32 Å². The lowest BCUT2D eigenvalue weighted by Crippen LogP contribution is -2.49. The molecule has 1 N–H and O–H groups in total. The third-order valence-corrected chi connectivity index (χ3v) is 7.87. The molecule has 0 amide bonds. The van der Waals surface area contributed by atoms with Gasteiger partial charge in [0.15, 0.2) is 15.8 Å². The van der Waals surface area contributed by atoms with Crippen LogP contribution in [0.3, 0.4) is 0 Å². The van der Waals surface area contributed by atoms with Gasteiger partial charge >= 0.3 is 0 Å². The Morgan fingerprint density at radius 2 is 1.93 bits per heavy atom. The second kappa shape index (κ2) is 9.09. The van der Waals surface area contributed by atoms with Crippen LogP contribution in [0.2, 0.25) is 0 Å². The zero-order chi connectivity index (χ0) is 20.1. The van der Waals surface area contributed by atoms with Crippen LogP contribution in [-0.2, 0) is 9.84 Å². The van der Waals surface area contributed by atoms with E-state index in [1.807, 2.05) is 6.92 Å². The summed E-state index contributed by atoms with van der Waals surface area (Å²) in [7, 11) is -3.16. The minimum atomic E-state index is -3.16. The fourth-order valence-electron chi connectivity index (χ4n) is 3.59. The van der Waals surface area contributed by atoms with Gasteiger partial charge in [0.2, 0.25) is 0 Å². The smallest absolute Gasteiger partial charge is 0.193 e. The summed E-state index contributed by atoms with van der Waals surface area (Å²) < 4.78 is 23.1. The highest BCUT2D eigenvalue weighted by Crippen LogP contribution is 2.34. The number of hydrogen-bond acceptors (Lipinski definition) is 3. The minimum absolute atomic E-state index is 0.267. The number of guanidine groups is 1. The lowest BCUT2D eigenvalue weighted by molar-refractivity contribution is 0.215. The maximum Gasteiger partial charge on any atom is 0.193 e. The maximum absolute atomic E-state index is 12.0. The predicted molar refractivity (Wildman–Crippen MR) is 114 cm³/mol. The molecular weight excluding hydrogens is 358 g/mol. The molecule has 27 heavy (non-hydrogen) atoms. The lowest BCUT2D eigenvalue weighted by atomic mass is 9.79. The van der Waals surface area contributed by atoms with Gasteiger partial charge in [0.1, 0.15) is 0 Å². The van der Waals surface area contributed by atoms with Crippen molar-refractivity contribution in [1.82, 2.24) is 10.2 Å². The van der Waals surface area contributed by atoms with Crippen molar-refractivity contribution in [2.24, 2.45) is 10.9 Å². The Hall–Kier alpha value is -1.56. The van der Waals surface area contributed by atoms with Gasteiger partial charge in [-0.3, -0.25) is 4.99 Å². The van der Waals surface area contributed by atoms with Crippen LogP contribution in [-0.4, -0.2) is 56.5 Å². The van der Waals surface area contributed by atoms with Crippen molar-refractivity contribution in [2.45, 2.75) is 51.2 Å². The van der Waals surface area contributed by atoms with E-state index in [0.717, 1.165) is 38.4 Å². The summed E-state index contributed by atoms with van der Waals surface area (Å²) >= 11 is 0. The van der Waals surface area contributed by atoms with Crippen molar-refractivity contribution in [3.63, 3.8) is 0 Å². The monoisotopic (exact) mass is 393 g/mol. The highest BCUT2D eigenvalue weighted by molar-refractivity contribution is 7.92. The molecule has 1 aliphatic heterocycles. The molecule has 0 aromatic heterocycles. The van der Waals surface area contributed by atoms with Gasteiger partial charge in [-0.15, -0.1) is 0 Å². The van der Waals surface area contributed by atoms with Crippen LogP contribution in [0.15, 0.2) is 35.3 Å². The Morgan fingerprint density at radius 1 is 1.26 bits per heavy atom. The van der Waals surface area contributed by atoms with Gasteiger partial charge in [-0.2, -0.15) is 0 Å². The van der Waals surface area contributed by atoms with Gasteiger partial charge in [-0.25, -0.2) is 8.42 Å². The molecule has 1 aromatic rings. The minimum Gasteiger partial charge on any atom is -0.357 e. The van der Waals surface area contributed by atoms with E-state index in [4.69, 9.17) is 4.99 Å². The summed E-state index contributed by atoms with van der Waals surface area (Å²) in [6.45, 7) is 10.7. The number of nitrogens with zero attached hydrogens (tertiary/aromatic N) is 2. The van der Waals surface area contributed by atoms with Crippen LogP contribution in [0, 0.1) is 5.92 Å².